The molecular weight excluding hydrogens is 234 g/mol. The summed E-state index contributed by atoms with van der Waals surface area (Å²) < 4.78 is 5.48. The van der Waals surface area contributed by atoms with Crippen molar-refractivity contribution in [3.63, 3.8) is 0 Å². The minimum absolute atomic E-state index is 0.00634. The Morgan fingerprint density at radius 2 is 2.22 bits per heavy atom. The molecule has 2 heterocycles. The van der Waals surface area contributed by atoms with Crippen LogP contribution in [0.1, 0.15) is 25.7 Å². The van der Waals surface area contributed by atoms with Gasteiger partial charge in [0.1, 0.15) is 6.10 Å². The van der Waals surface area contributed by atoms with Gasteiger partial charge in [-0.3, -0.25) is 9.59 Å². The molecule has 2 aliphatic heterocycles. The summed E-state index contributed by atoms with van der Waals surface area (Å²) >= 11 is 0. The molecule has 18 heavy (non-hydrogen) atoms. The molecular formula is C12H21N3O3. The number of ether oxygens (including phenoxy) is 1. The number of carbonyl (C=O) groups excluding carboxylic acids is 2. The zero-order valence-electron chi connectivity index (χ0n) is 10.6. The highest BCUT2D eigenvalue weighted by atomic mass is 16.5. The third kappa shape index (κ3) is 3.20. The predicted octanol–water partition coefficient (Wildman–Crippen LogP) is -0.769. The molecule has 2 fully saturated rings. The normalized spacial score (nSPS) is 29.0. The van der Waals surface area contributed by atoms with Gasteiger partial charge in [0, 0.05) is 32.1 Å². The molecule has 0 aromatic heterocycles. The number of rotatable bonds is 3. The lowest BCUT2D eigenvalue weighted by molar-refractivity contribution is -0.149. The minimum atomic E-state index is -0.410. The molecule has 0 aliphatic carbocycles. The van der Waals surface area contributed by atoms with Crippen molar-refractivity contribution in [3.8, 4) is 0 Å². The van der Waals surface area contributed by atoms with Crippen LogP contribution >= 0.6 is 0 Å². The third-order valence-corrected chi connectivity index (χ3v) is 3.55. The summed E-state index contributed by atoms with van der Waals surface area (Å²) in [6.07, 6.45) is 2.74. The summed E-state index contributed by atoms with van der Waals surface area (Å²) in [4.78, 5) is 25.2. The fraction of sp³-hybridized carbons (Fsp3) is 0.833. The minimum Gasteiger partial charge on any atom is -0.370 e. The van der Waals surface area contributed by atoms with Crippen molar-refractivity contribution in [2.45, 2.75) is 37.8 Å². The Labute approximate surface area is 107 Å². The largest absolute Gasteiger partial charge is 0.370 e. The summed E-state index contributed by atoms with van der Waals surface area (Å²) in [7, 11) is 0. The molecule has 0 aromatic carbocycles. The average Bonchev–Trinajstić information content (AvgIpc) is 2.39. The second-order valence-corrected chi connectivity index (χ2v) is 4.92. The fourth-order valence-electron chi connectivity index (χ4n) is 2.64. The summed E-state index contributed by atoms with van der Waals surface area (Å²) in [6, 6.07) is -0.0470. The molecule has 0 spiro atoms. The first-order valence-electron chi connectivity index (χ1n) is 6.59. The summed E-state index contributed by atoms with van der Waals surface area (Å²) in [6.45, 7) is 2.61. The Kier molecular flexibility index (Phi) is 4.54. The highest BCUT2D eigenvalue weighted by Crippen LogP contribution is 2.21. The molecule has 3 N–H and O–H groups in total. The summed E-state index contributed by atoms with van der Waals surface area (Å²) in [5.74, 6) is -0.351. The molecule has 2 atom stereocenters. The van der Waals surface area contributed by atoms with Crippen LogP contribution in [0.5, 0.6) is 0 Å². The van der Waals surface area contributed by atoms with Gasteiger partial charge in [-0.05, 0) is 19.3 Å². The van der Waals surface area contributed by atoms with Gasteiger partial charge in [-0.25, -0.2) is 0 Å². The number of morpholine rings is 1. The van der Waals surface area contributed by atoms with Crippen LogP contribution in [0.25, 0.3) is 0 Å². The van der Waals surface area contributed by atoms with Gasteiger partial charge in [0.15, 0.2) is 0 Å². The van der Waals surface area contributed by atoms with Gasteiger partial charge in [-0.1, -0.05) is 0 Å². The first-order chi connectivity index (χ1) is 8.68. The Balaban J connectivity index is 1.98. The first kappa shape index (κ1) is 13.3. The number of carbonyl (C=O) groups is 2. The molecule has 6 nitrogen and oxygen atoms in total. The van der Waals surface area contributed by atoms with E-state index < -0.39 is 6.10 Å². The molecule has 0 radical (unpaired) electrons. The fourth-order valence-corrected chi connectivity index (χ4v) is 2.64. The van der Waals surface area contributed by atoms with E-state index in [1.807, 2.05) is 0 Å². The Hall–Kier alpha value is -1.14. The van der Waals surface area contributed by atoms with E-state index >= 15 is 0 Å². The summed E-state index contributed by atoms with van der Waals surface area (Å²) in [5, 5.41) is 3.15. The standard InChI is InChI=1S/C12H21N3O3/c13-11(16)7-9-3-1-2-5-15(9)12(17)10-8-14-4-6-18-10/h9-10,14H,1-8H2,(H2,13,16)/t9-,10+/m1/s1. The second-order valence-electron chi connectivity index (χ2n) is 4.92. The lowest BCUT2D eigenvalue weighted by atomic mass is 9.98. The van der Waals surface area contributed by atoms with Crippen molar-refractivity contribution in [1.82, 2.24) is 10.2 Å². The average molecular weight is 255 g/mol. The first-order valence-corrected chi connectivity index (χ1v) is 6.59. The van der Waals surface area contributed by atoms with Gasteiger partial charge in [-0.2, -0.15) is 0 Å². The number of nitrogens with two attached hydrogens (primary N) is 1. The number of piperidine rings is 1. The third-order valence-electron chi connectivity index (χ3n) is 3.55. The van der Waals surface area contributed by atoms with Crippen LogP contribution in [0.4, 0.5) is 0 Å². The van der Waals surface area contributed by atoms with Crippen molar-refractivity contribution in [2.24, 2.45) is 5.73 Å². The van der Waals surface area contributed by atoms with E-state index in [1.54, 1.807) is 4.90 Å². The van der Waals surface area contributed by atoms with Crippen LogP contribution in [0.15, 0.2) is 0 Å². The maximum Gasteiger partial charge on any atom is 0.253 e. The number of nitrogens with one attached hydrogen (secondary N) is 1. The molecule has 2 amide bonds. The zero-order valence-corrected chi connectivity index (χ0v) is 10.6. The van der Waals surface area contributed by atoms with Crippen LogP contribution in [-0.4, -0.2) is 55.1 Å². The molecule has 6 heteroatoms. The SMILES string of the molecule is NC(=O)C[C@H]1CCCCN1C(=O)[C@@H]1CNCCO1. The van der Waals surface area contributed by atoms with Gasteiger partial charge >= 0.3 is 0 Å². The molecule has 0 aromatic rings. The molecule has 0 saturated carbocycles. The number of likely N-dealkylation sites (tertiary alicyclic amines) is 1. The lowest BCUT2D eigenvalue weighted by Gasteiger charge is -2.38. The number of hydrogen-bond donors (Lipinski definition) is 2. The maximum absolute atomic E-state index is 12.4. The number of amides is 2. The monoisotopic (exact) mass is 255 g/mol. The van der Waals surface area contributed by atoms with Gasteiger partial charge in [-0.15, -0.1) is 0 Å². The maximum atomic E-state index is 12.4. The van der Waals surface area contributed by atoms with Crippen LogP contribution in [-0.2, 0) is 14.3 Å². The molecule has 102 valence electrons. The van der Waals surface area contributed by atoms with Crippen LogP contribution in [0.2, 0.25) is 0 Å². The Morgan fingerprint density at radius 1 is 1.39 bits per heavy atom. The van der Waals surface area contributed by atoms with Crippen molar-refractivity contribution >= 4 is 11.8 Å². The van der Waals surface area contributed by atoms with E-state index in [0.29, 0.717) is 19.7 Å². The van der Waals surface area contributed by atoms with E-state index in [0.717, 1.165) is 25.8 Å². The number of nitrogens with zero attached hydrogens (tertiary/aromatic N) is 1. The van der Waals surface area contributed by atoms with Gasteiger partial charge < -0.3 is 20.7 Å². The van der Waals surface area contributed by atoms with E-state index in [9.17, 15) is 9.59 Å². The van der Waals surface area contributed by atoms with Gasteiger partial charge in [0.2, 0.25) is 5.91 Å². The van der Waals surface area contributed by atoms with Crippen molar-refractivity contribution in [1.29, 1.82) is 0 Å². The van der Waals surface area contributed by atoms with Crippen molar-refractivity contribution < 1.29 is 14.3 Å². The molecule has 2 rings (SSSR count). The molecule has 0 bridgehead atoms. The van der Waals surface area contributed by atoms with Gasteiger partial charge in [0.25, 0.3) is 5.91 Å². The zero-order chi connectivity index (χ0) is 13.0. The predicted molar refractivity (Wildman–Crippen MR) is 65.8 cm³/mol. The van der Waals surface area contributed by atoms with Crippen molar-refractivity contribution in [3.05, 3.63) is 0 Å². The smallest absolute Gasteiger partial charge is 0.253 e. The number of hydrogen-bond acceptors (Lipinski definition) is 4. The van der Waals surface area contributed by atoms with E-state index in [1.165, 1.54) is 0 Å². The number of primary amides is 1. The lowest BCUT2D eigenvalue weighted by Crippen LogP contribution is -2.54. The van der Waals surface area contributed by atoms with Gasteiger partial charge in [0.05, 0.1) is 6.61 Å². The topological polar surface area (TPSA) is 84.7 Å². The second kappa shape index (κ2) is 6.15. The van der Waals surface area contributed by atoms with E-state index in [-0.39, 0.29) is 24.3 Å². The summed E-state index contributed by atoms with van der Waals surface area (Å²) in [5.41, 5.74) is 5.24. The van der Waals surface area contributed by atoms with Crippen LogP contribution in [0.3, 0.4) is 0 Å². The molecule has 0 unspecified atom stereocenters. The Morgan fingerprint density at radius 3 is 2.89 bits per heavy atom. The highest BCUT2D eigenvalue weighted by Gasteiger charge is 2.33. The van der Waals surface area contributed by atoms with E-state index in [2.05, 4.69) is 5.32 Å². The van der Waals surface area contributed by atoms with Crippen LogP contribution in [0, 0.1) is 0 Å². The van der Waals surface area contributed by atoms with Crippen molar-refractivity contribution in [2.75, 3.05) is 26.2 Å². The quantitative estimate of drug-likeness (QED) is 0.693. The Bertz CT molecular complexity index is 316. The highest BCUT2D eigenvalue weighted by molar-refractivity contribution is 5.83. The molecule has 2 saturated heterocycles. The van der Waals surface area contributed by atoms with E-state index in [4.69, 9.17) is 10.5 Å². The van der Waals surface area contributed by atoms with Crippen LogP contribution < -0.4 is 11.1 Å². The molecule has 2 aliphatic rings.